The average molecular weight is 530 g/mol. The van der Waals surface area contributed by atoms with Crippen LogP contribution in [-0.2, 0) is 11.8 Å². The molecule has 8 nitrogen and oxygen atoms in total. The van der Waals surface area contributed by atoms with Gasteiger partial charge in [0.2, 0.25) is 0 Å². The SMILES string of the molecule is CCNC(=NCC(c1ccco1)N(CC)CC)N1CCOC(c2cnn(C)c2)C1.I. The van der Waals surface area contributed by atoms with Crippen LogP contribution in [0.1, 0.15) is 44.2 Å². The lowest BCUT2D eigenvalue weighted by Crippen LogP contribution is -2.48. The van der Waals surface area contributed by atoms with Crippen LogP contribution in [0.3, 0.4) is 0 Å². The summed E-state index contributed by atoms with van der Waals surface area (Å²) in [5.41, 5.74) is 1.10. The lowest BCUT2D eigenvalue weighted by Gasteiger charge is -2.35. The number of ether oxygens (including phenoxy) is 1. The van der Waals surface area contributed by atoms with Crippen molar-refractivity contribution in [2.45, 2.75) is 32.9 Å². The van der Waals surface area contributed by atoms with Crippen LogP contribution >= 0.6 is 24.0 Å². The van der Waals surface area contributed by atoms with Gasteiger partial charge in [0.05, 0.1) is 38.2 Å². The van der Waals surface area contributed by atoms with Crippen LogP contribution in [0.2, 0.25) is 0 Å². The van der Waals surface area contributed by atoms with Crippen molar-refractivity contribution >= 4 is 29.9 Å². The number of rotatable bonds is 8. The molecule has 0 radical (unpaired) electrons. The van der Waals surface area contributed by atoms with Gasteiger partial charge in [-0.1, -0.05) is 13.8 Å². The lowest BCUT2D eigenvalue weighted by molar-refractivity contribution is -0.00809. The van der Waals surface area contributed by atoms with Crippen molar-refractivity contribution in [3.63, 3.8) is 0 Å². The highest BCUT2D eigenvalue weighted by molar-refractivity contribution is 14.0. The molecule has 1 aliphatic heterocycles. The zero-order valence-corrected chi connectivity index (χ0v) is 20.8. The first kappa shape index (κ1) is 24.7. The Morgan fingerprint density at radius 1 is 1.37 bits per heavy atom. The fourth-order valence-corrected chi connectivity index (χ4v) is 3.78. The molecule has 1 aliphatic rings. The van der Waals surface area contributed by atoms with E-state index in [4.69, 9.17) is 14.1 Å². The maximum atomic E-state index is 5.99. The lowest BCUT2D eigenvalue weighted by atomic mass is 10.1. The van der Waals surface area contributed by atoms with Crippen LogP contribution in [0.4, 0.5) is 0 Å². The molecule has 9 heteroatoms. The molecule has 2 atom stereocenters. The smallest absolute Gasteiger partial charge is 0.194 e. The number of aliphatic imine (C=N–C) groups is 1. The molecule has 0 amide bonds. The molecular weight excluding hydrogens is 495 g/mol. The number of morpholine rings is 1. The van der Waals surface area contributed by atoms with Gasteiger partial charge < -0.3 is 19.4 Å². The maximum absolute atomic E-state index is 5.99. The topological polar surface area (TPSA) is 71.1 Å². The molecule has 2 unspecified atom stereocenters. The molecule has 0 bridgehead atoms. The second-order valence-electron chi connectivity index (χ2n) is 7.20. The standard InChI is InChI=1S/C21H34N6O2.HI/c1-5-22-21(23-14-18(26(6-2)7-3)19-9-8-11-28-19)27-10-12-29-20(16-27)17-13-24-25(4)15-17;/h8-9,11,13,15,18,20H,5-7,10,12,14,16H2,1-4H3,(H,22,23);1H. The summed E-state index contributed by atoms with van der Waals surface area (Å²) in [6, 6.07) is 4.11. The van der Waals surface area contributed by atoms with Gasteiger partial charge in [0, 0.05) is 31.9 Å². The average Bonchev–Trinajstić information content (AvgIpc) is 3.42. The van der Waals surface area contributed by atoms with Crippen LogP contribution in [-0.4, -0.2) is 71.4 Å². The Balaban J connectivity index is 0.00000320. The molecule has 2 aromatic rings. The molecule has 30 heavy (non-hydrogen) atoms. The molecule has 1 fully saturated rings. The Morgan fingerprint density at radius 3 is 2.77 bits per heavy atom. The number of guanidine groups is 1. The number of nitrogens with one attached hydrogen (secondary N) is 1. The normalized spacial score (nSPS) is 18.4. The first-order valence-corrected chi connectivity index (χ1v) is 10.6. The van der Waals surface area contributed by atoms with E-state index >= 15 is 0 Å². The summed E-state index contributed by atoms with van der Waals surface area (Å²) < 4.78 is 13.5. The summed E-state index contributed by atoms with van der Waals surface area (Å²) in [5, 5.41) is 7.74. The van der Waals surface area contributed by atoms with E-state index in [1.165, 1.54) is 0 Å². The monoisotopic (exact) mass is 530 g/mol. The number of nitrogens with zero attached hydrogens (tertiary/aromatic N) is 5. The highest BCUT2D eigenvalue weighted by atomic mass is 127. The van der Waals surface area contributed by atoms with Crippen LogP contribution in [0.25, 0.3) is 0 Å². The summed E-state index contributed by atoms with van der Waals surface area (Å²) in [5.74, 6) is 1.89. The van der Waals surface area contributed by atoms with Gasteiger partial charge in [-0.05, 0) is 32.1 Å². The van der Waals surface area contributed by atoms with Crippen molar-refractivity contribution in [2.75, 3.05) is 45.9 Å². The molecule has 0 aromatic carbocycles. The van der Waals surface area contributed by atoms with E-state index in [9.17, 15) is 0 Å². The summed E-state index contributed by atoms with van der Waals surface area (Å²) in [6.45, 7) is 12.1. The van der Waals surface area contributed by atoms with Crippen LogP contribution < -0.4 is 5.32 Å². The van der Waals surface area contributed by atoms with Crippen molar-refractivity contribution in [1.29, 1.82) is 0 Å². The van der Waals surface area contributed by atoms with Crippen LogP contribution in [0.15, 0.2) is 40.2 Å². The first-order valence-electron chi connectivity index (χ1n) is 10.6. The molecule has 0 aliphatic carbocycles. The molecule has 3 heterocycles. The number of aryl methyl sites for hydroxylation is 1. The third-order valence-corrected chi connectivity index (χ3v) is 5.34. The van der Waals surface area contributed by atoms with E-state index in [-0.39, 0.29) is 36.1 Å². The predicted molar refractivity (Wildman–Crippen MR) is 129 cm³/mol. The van der Waals surface area contributed by atoms with E-state index < -0.39 is 0 Å². The van der Waals surface area contributed by atoms with Crippen LogP contribution in [0.5, 0.6) is 0 Å². The van der Waals surface area contributed by atoms with E-state index in [1.807, 2.05) is 36.3 Å². The minimum absolute atomic E-state index is 0. The van der Waals surface area contributed by atoms with E-state index in [1.54, 1.807) is 6.26 Å². The molecular formula is C21H35IN6O2. The number of hydrogen-bond acceptors (Lipinski definition) is 5. The summed E-state index contributed by atoms with van der Waals surface area (Å²) in [4.78, 5) is 9.66. The molecule has 168 valence electrons. The zero-order valence-electron chi connectivity index (χ0n) is 18.5. The second-order valence-corrected chi connectivity index (χ2v) is 7.20. The van der Waals surface area contributed by atoms with E-state index in [0.29, 0.717) is 13.2 Å². The minimum atomic E-state index is 0. The third-order valence-electron chi connectivity index (χ3n) is 5.34. The number of hydrogen-bond donors (Lipinski definition) is 1. The van der Waals surface area contributed by atoms with Gasteiger partial charge in [-0.3, -0.25) is 14.6 Å². The number of likely N-dealkylation sites (N-methyl/N-ethyl adjacent to an activating group) is 1. The fraction of sp³-hybridized carbons (Fsp3) is 0.619. The molecule has 3 rings (SSSR count). The zero-order chi connectivity index (χ0) is 20.6. The minimum Gasteiger partial charge on any atom is -0.468 e. The Morgan fingerprint density at radius 2 is 2.17 bits per heavy atom. The maximum Gasteiger partial charge on any atom is 0.194 e. The summed E-state index contributed by atoms with van der Waals surface area (Å²) in [6.07, 6.45) is 5.64. The van der Waals surface area contributed by atoms with Gasteiger partial charge in [0.15, 0.2) is 5.96 Å². The fourth-order valence-electron chi connectivity index (χ4n) is 3.78. The van der Waals surface area contributed by atoms with Crippen molar-refractivity contribution in [3.8, 4) is 0 Å². The molecule has 0 spiro atoms. The van der Waals surface area contributed by atoms with Crippen LogP contribution in [0, 0.1) is 0 Å². The second kappa shape index (κ2) is 12.3. The largest absolute Gasteiger partial charge is 0.468 e. The number of halogens is 1. The van der Waals surface area contributed by atoms with Crippen molar-refractivity contribution in [1.82, 2.24) is 24.9 Å². The van der Waals surface area contributed by atoms with Gasteiger partial charge >= 0.3 is 0 Å². The van der Waals surface area contributed by atoms with Gasteiger partial charge in [-0.2, -0.15) is 5.10 Å². The molecule has 2 aromatic heterocycles. The van der Waals surface area contributed by atoms with Crippen molar-refractivity contribution in [3.05, 3.63) is 42.1 Å². The Labute approximate surface area is 196 Å². The van der Waals surface area contributed by atoms with Gasteiger partial charge in [0.25, 0.3) is 0 Å². The summed E-state index contributed by atoms with van der Waals surface area (Å²) in [7, 11) is 1.93. The van der Waals surface area contributed by atoms with E-state index in [0.717, 1.165) is 50.0 Å². The van der Waals surface area contributed by atoms with Gasteiger partial charge in [-0.25, -0.2) is 0 Å². The Kier molecular flexibility index (Phi) is 10.1. The highest BCUT2D eigenvalue weighted by Gasteiger charge is 2.26. The quantitative estimate of drug-likeness (QED) is 0.322. The predicted octanol–water partition coefficient (Wildman–Crippen LogP) is 3.05. The summed E-state index contributed by atoms with van der Waals surface area (Å²) >= 11 is 0. The van der Waals surface area contributed by atoms with Gasteiger partial charge in [-0.15, -0.1) is 24.0 Å². The molecule has 0 saturated carbocycles. The Hall–Kier alpha value is -1.59. The van der Waals surface area contributed by atoms with Crippen molar-refractivity contribution < 1.29 is 9.15 Å². The molecule has 1 saturated heterocycles. The van der Waals surface area contributed by atoms with Gasteiger partial charge in [0.1, 0.15) is 11.9 Å². The van der Waals surface area contributed by atoms with Crippen molar-refractivity contribution in [2.24, 2.45) is 12.0 Å². The molecule has 1 N–H and O–H groups in total. The third kappa shape index (κ3) is 6.21. The first-order chi connectivity index (χ1) is 14.2. The number of furan rings is 1. The van der Waals surface area contributed by atoms with E-state index in [2.05, 4.69) is 41.0 Å². The Bertz CT molecular complexity index is 759. The number of aromatic nitrogens is 2. The highest BCUT2D eigenvalue weighted by Crippen LogP contribution is 2.23.